The van der Waals surface area contributed by atoms with Crippen LogP contribution in [0.5, 0.6) is 0 Å². The zero-order valence-electron chi connectivity index (χ0n) is 16.2. The molecule has 8 nitrogen and oxygen atoms in total. The van der Waals surface area contributed by atoms with Gasteiger partial charge in [-0.15, -0.1) is 0 Å². The summed E-state index contributed by atoms with van der Waals surface area (Å²) in [6.45, 7) is 4.26. The number of aromatic nitrogens is 4. The first-order valence-corrected chi connectivity index (χ1v) is 9.37. The third-order valence-electron chi connectivity index (χ3n) is 4.70. The average molecular weight is 413 g/mol. The quantitative estimate of drug-likeness (QED) is 0.680. The van der Waals surface area contributed by atoms with Gasteiger partial charge in [-0.3, -0.25) is 14.2 Å². The number of carbonyl (C=O) groups is 2. The lowest BCUT2D eigenvalue weighted by Gasteiger charge is -2.27. The molecule has 2 aromatic rings. The van der Waals surface area contributed by atoms with Crippen molar-refractivity contribution in [1.82, 2.24) is 24.5 Å². The van der Waals surface area contributed by atoms with E-state index in [0.717, 1.165) is 0 Å². The Morgan fingerprint density at radius 3 is 2.66 bits per heavy atom. The maximum atomic E-state index is 12.8. The van der Waals surface area contributed by atoms with E-state index in [1.54, 1.807) is 17.8 Å². The van der Waals surface area contributed by atoms with Crippen LogP contribution in [0, 0.1) is 0 Å². The van der Waals surface area contributed by atoms with Gasteiger partial charge >= 0.3 is 12.1 Å². The van der Waals surface area contributed by atoms with E-state index in [4.69, 9.17) is 4.74 Å². The molecule has 0 fully saturated rings. The second-order valence-electron chi connectivity index (χ2n) is 6.64. The summed E-state index contributed by atoms with van der Waals surface area (Å²) in [6.07, 6.45) is -1.98. The van der Waals surface area contributed by atoms with E-state index in [1.807, 2.05) is 6.92 Å². The number of carbonyl (C=O) groups excluding carboxylic acids is 2. The van der Waals surface area contributed by atoms with Gasteiger partial charge in [-0.1, -0.05) is 0 Å². The number of alkyl halides is 3. The third kappa shape index (κ3) is 4.60. The van der Waals surface area contributed by atoms with Gasteiger partial charge in [-0.25, -0.2) is 4.79 Å². The van der Waals surface area contributed by atoms with E-state index in [2.05, 4.69) is 10.2 Å². The number of halogens is 3. The molecule has 158 valence electrons. The number of aryl methyl sites for hydroxylation is 2. The van der Waals surface area contributed by atoms with E-state index in [1.165, 1.54) is 15.8 Å². The van der Waals surface area contributed by atoms with Crippen molar-refractivity contribution < 1.29 is 27.5 Å². The van der Waals surface area contributed by atoms with Crippen molar-refractivity contribution in [2.24, 2.45) is 0 Å². The van der Waals surface area contributed by atoms with Gasteiger partial charge in [-0.05, 0) is 13.8 Å². The molecule has 0 aliphatic carbocycles. The first kappa shape index (κ1) is 20.9. The topological polar surface area (TPSA) is 82.2 Å². The Morgan fingerprint density at radius 1 is 1.28 bits per heavy atom. The Labute approximate surface area is 165 Å². The minimum absolute atomic E-state index is 0.0363. The standard InChI is InChI=1S/C18H22F3N5O3/c1-3-25-10-12(9-22-25)16(27)24-7-5-14-13(11-24)15(17(28)29-4-2)23-26(14)8-6-18(19,20)21/h9-10H,3-8,11H2,1-2H3. The fraction of sp³-hybridized carbons (Fsp3) is 0.556. The Bertz CT molecular complexity index is 903. The maximum Gasteiger partial charge on any atom is 0.390 e. The lowest BCUT2D eigenvalue weighted by molar-refractivity contribution is -0.137. The molecule has 0 saturated heterocycles. The van der Waals surface area contributed by atoms with Crippen LogP contribution in [-0.2, 0) is 30.8 Å². The molecule has 1 aliphatic heterocycles. The van der Waals surface area contributed by atoms with E-state index in [9.17, 15) is 22.8 Å². The Hall–Kier alpha value is -2.85. The zero-order chi connectivity index (χ0) is 21.2. The number of amides is 1. The molecule has 11 heteroatoms. The molecule has 0 atom stereocenters. The van der Waals surface area contributed by atoms with Crippen LogP contribution in [-0.4, -0.2) is 55.7 Å². The molecule has 3 heterocycles. The summed E-state index contributed by atoms with van der Waals surface area (Å²) in [5.74, 6) is -0.962. The lowest BCUT2D eigenvalue weighted by Crippen LogP contribution is -2.36. The number of esters is 1. The van der Waals surface area contributed by atoms with Crippen LogP contribution in [0.2, 0.25) is 0 Å². The minimum atomic E-state index is -4.33. The van der Waals surface area contributed by atoms with Gasteiger partial charge in [0.05, 0.1) is 31.3 Å². The smallest absolute Gasteiger partial charge is 0.390 e. The first-order valence-electron chi connectivity index (χ1n) is 9.37. The number of hydrogen-bond acceptors (Lipinski definition) is 5. The van der Waals surface area contributed by atoms with E-state index < -0.39 is 18.6 Å². The predicted octanol–water partition coefficient (Wildman–Crippen LogP) is 2.43. The molecule has 0 N–H and O–H groups in total. The van der Waals surface area contributed by atoms with Gasteiger partial charge in [0, 0.05) is 43.5 Å². The highest BCUT2D eigenvalue weighted by molar-refractivity contribution is 5.94. The van der Waals surface area contributed by atoms with E-state index >= 15 is 0 Å². The Balaban J connectivity index is 1.87. The second kappa shape index (κ2) is 8.26. The van der Waals surface area contributed by atoms with Crippen LogP contribution in [0.15, 0.2) is 12.4 Å². The highest BCUT2D eigenvalue weighted by Crippen LogP contribution is 2.27. The fourth-order valence-corrected chi connectivity index (χ4v) is 3.27. The first-order chi connectivity index (χ1) is 13.7. The highest BCUT2D eigenvalue weighted by Gasteiger charge is 2.33. The molecular weight excluding hydrogens is 391 g/mol. The fourth-order valence-electron chi connectivity index (χ4n) is 3.27. The molecule has 0 saturated carbocycles. The molecule has 0 aromatic carbocycles. The maximum absolute atomic E-state index is 12.8. The summed E-state index contributed by atoms with van der Waals surface area (Å²) in [5.41, 5.74) is 1.35. The number of fused-ring (bicyclic) bond motifs is 1. The van der Waals surface area contributed by atoms with Crippen LogP contribution in [0.3, 0.4) is 0 Å². The number of ether oxygens (including phenoxy) is 1. The SMILES string of the molecule is CCOC(=O)c1nn(CCC(F)(F)F)c2c1CN(C(=O)c1cnn(CC)c1)CC2. The average Bonchev–Trinajstić information content (AvgIpc) is 3.30. The van der Waals surface area contributed by atoms with Crippen LogP contribution < -0.4 is 0 Å². The number of rotatable bonds is 6. The largest absolute Gasteiger partial charge is 0.461 e. The summed E-state index contributed by atoms with van der Waals surface area (Å²) in [4.78, 5) is 26.6. The van der Waals surface area contributed by atoms with Gasteiger partial charge in [0.15, 0.2) is 5.69 Å². The van der Waals surface area contributed by atoms with Crippen molar-refractivity contribution in [2.75, 3.05) is 13.2 Å². The van der Waals surface area contributed by atoms with Crippen LogP contribution in [0.4, 0.5) is 13.2 Å². The van der Waals surface area contributed by atoms with Crippen LogP contribution in [0.25, 0.3) is 0 Å². The summed E-state index contributed by atoms with van der Waals surface area (Å²) in [6, 6.07) is 0. The normalized spacial score (nSPS) is 14.0. The van der Waals surface area contributed by atoms with Crippen LogP contribution >= 0.6 is 0 Å². The predicted molar refractivity (Wildman–Crippen MR) is 95.2 cm³/mol. The molecule has 0 radical (unpaired) electrons. The van der Waals surface area contributed by atoms with Gasteiger partial charge in [0.2, 0.25) is 0 Å². The lowest BCUT2D eigenvalue weighted by atomic mass is 10.0. The van der Waals surface area contributed by atoms with Gasteiger partial charge < -0.3 is 9.64 Å². The Morgan fingerprint density at radius 2 is 2.03 bits per heavy atom. The van der Waals surface area contributed by atoms with Gasteiger partial charge in [0.25, 0.3) is 5.91 Å². The summed E-state index contributed by atoms with van der Waals surface area (Å²) >= 11 is 0. The van der Waals surface area contributed by atoms with E-state index in [0.29, 0.717) is 36.3 Å². The van der Waals surface area contributed by atoms with Crippen molar-refractivity contribution in [3.63, 3.8) is 0 Å². The van der Waals surface area contributed by atoms with Crippen molar-refractivity contribution in [2.45, 2.75) is 52.5 Å². The van der Waals surface area contributed by atoms with Crippen molar-refractivity contribution in [3.05, 3.63) is 34.9 Å². The molecular formula is C18H22F3N5O3. The van der Waals surface area contributed by atoms with Gasteiger partial charge in [-0.2, -0.15) is 23.4 Å². The third-order valence-corrected chi connectivity index (χ3v) is 4.70. The number of hydrogen-bond donors (Lipinski definition) is 0. The molecule has 2 aromatic heterocycles. The van der Waals surface area contributed by atoms with E-state index in [-0.39, 0.29) is 31.3 Å². The molecule has 3 rings (SSSR count). The van der Waals surface area contributed by atoms with Crippen LogP contribution in [0.1, 0.15) is 52.4 Å². The molecule has 0 bridgehead atoms. The summed E-state index contributed by atoms with van der Waals surface area (Å²) in [5, 5.41) is 8.17. The Kier molecular flexibility index (Phi) is 5.94. The molecule has 0 unspecified atom stereocenters. The monoisotopic (exact) mass is 413 g/mol. The zero-order valence-corrected chi connectivity index (χ0v) is 16.2. The highest BCUT2D eigenvalue weighted by atomic mass is 19.4. The molecule has 1 amide bonds. The molecule has 29 heavy (non-hydrogen) atoms. The van der Waals surface area contributed by atoms with Crippen molar-refractivity contribution in [1.29, 1.82) is 0 Å². The second-order valence-corrected chi connectivity index (χ2v) is 6.64. The molecule has 1 aliphatic rings. The van der Waals surface area contributed by atoms with Crippen molar-refractivity contribution in [3.8, 4) is 0 Å². The van der Waals surface area contributed by atoms with Gasteiger partial charge in [0.1, 0.15) is 0 Å². The number of nitrogens with zero attached hydrogens (tertiary/aromatic N) is 5. The minimum Gasteiger partial charge on any atom is -0.461 e. The molecule has 0 spiro atoms. The summed E-state index contributed by atoms with van der Waals surface area (Å²) in [7, 11) is 0. The summed E-state index contributed by atoms with van der Waals surface area (Å²) < 4.78 is 45.8. The van der Waals surface area contributed by atoms with Crippen molar-refractivity contribution >= 4 is 11.9 Å².